The number of carbonyl (C=O) groups is 1. The third kappa shape index (κ3) is 8.44. The number of methoxy groups -OCH3 is 1. The molecule has 0 spiro atoms. The second kappa shape index (κ2) is 11.2. The quantitative estimate of drug-likeness (QED) is 0.677. The summed E-state index contributed by atoms with van der Waals surface area (Å²) in [6.07, 6.45) is 0. The molecule has 21 heavy (non-hydrogen) atoms. The van der Waals surface area contributed by atoms with Gasteiger partial charge in [0.2, 0.25) is 5.91 Å². The Bertz CT molecular complexity index is 422. The smallest absolute Gasteiger partial charge is 0.387 e. The van der Waals surface area contributed by atoms with E-state index in [0.717, 1.165) is 0 Å². The molecule has 0 radical (unpaired) electrons. The molecule has 8 heteroatoms. The van der Waals surface area contributed by atoms with Gasteiger partial charge in [-0.25, -0.2) is 0 Å². The van der Waals surface area contributed by atoms with E-state index in [9.17, 15) is 13.6 Å². The molecule has 1 aromatic carbocycles. The van der Waals surface area contributed by atoms with Crippen LogP contribution in [0.15, 0.2) is 24.3 Å². The second-order valence-corrected chi connectivity index (χ2v) is 3.93. The number of carbonyl (C=O) groups excluding carboxylic acids is 1. The van der Waals surface area contributed by atoms with Crippen LogP contribution in [0.25, 0.3) is 0 Å². The number of halogens is 3. The molecule has 0 aliphatic rings. The molecule has 120 valence electrons. The van der Waals surface area contributed by atoms with E-state index in [1.807, 2.05) is 0 Å². The van der Waals surface area contributed by atoms with Crippen molar-refractivity contribution in [1.29, 1.82) is 0 Å². The Balaban J connectivity index is 0.00000400. The van der Waals surface area contributed by atoms with E-state index < -0.39 is 6.61 Å². The molecule has 0 unspecified atom stereocenters. The minimum absolute atomic E-state index is 0. The molecule has 0 aromatic heterocycles. The Morgan fingerprint density at radius 1 is 1.33 bits per heavy atom. The van der Waals surface area contributed by atoms with Crippen molar-refractivity contribution in [3.8, 4) is 5.75 Å². The average molecular weight is 325 g/mol. The van der Waals surface area contributed by atoms with Crippen LogP contribution in [0.5, 0.6) is 5.75 Å². The molecule has 0 saturated carbocycles. The summed E-state index contributed by atoms with van der Waals surface area (Å²) in [6.45, 7) is -1.54. The van der Waals surface area contributed by atoms with Crippen molar-refractivity contribution >= 4 is 18.3 Å². The number of amides is 1. The summed E-state index contributed by atoms with van der Waals surface area (Å²) in [7, 11) is 1.57. The van der Waals surface area contributed by atoms with E-state index in [-0.39, 0.29) is 37.2 Å². The number of para-hydroxylation sites is 1. The van der Waals surface area contributed by atoms with E-state index >= 15 is 0 Å². The lowest BCUT2D eigenvalue weighted by molar-refractivity contribution is -0.120. The maximum atomic E-state index is 12.2. The molecule has 1 aromatic rings. The highest BCUT2D eigenvalue weighted by atomic mass is 35.5. The van der Waals surface area contributed by atoms with Crippen molar-refractivity contribution in [2.24, 2.45) is 0 Å². The fourth-order valence-electron chi connectivity index (χ4n) is 1.49. The zero-order chi connectivity index (χ0) is 14.8. The van der Waals surface area contributed by atoms with Crippen molar-refractivity contribution in [2.45, 2.75) is 13.2 Å². The molecule has 5 nitrogen and oxygen atoms in total. The van der Waals surface area contributed by atoms with Crippen LogP contribution in [0, 0.1) is 0 Å². The lowest BCUT2D eigenvalue weighted by Crippen LogP contribution is -2.34. The van der Waals surface area contributed by atoms with Gasteiger partial charge in [0.1, 0.15) is 5.75 Å². The molecular formula is C13H19ClF2N2O3. The zero-order valence-corrected chi connectivity index (χ0v) is 12.4. The zero-order valence-electron chi connectivity index (χ0n) is 11.6. The van der Waals surface area contributed by atoms with Gasteiger partial charge in [-0.05, 0) is 6.07 Å². The first-order valence-corrected chi connectivity index (χ1v) is 6.12. The summed E-state index contributed by atoms with van der Waals surface area (Å²) in [5.74, 6) is -0.164. The van der Waals surface area contributed by atoms with Crippen molar-refractivity contribution in [2.75, 3.05) is 26.8 Å². The molecule has 0 atom stereocenters. The van der Waals surface area contributed by atoms with Gasteiger partial charge in [0, 0.05) is 25.8 Å². The van der Waals surface area contributed by atoms with Gasteiger partial charge in [0.25, 0.3) is 0 Å². The third-order valence-corrected chi connectivity index (χ3v) is 2.43. The first-order valence-electron chi connectivity index (χ1n) is 6.12. The fraction of sp³-hybridized carbons (Fsp3) is 0.462. The van der Waals surface area contributed by atoms with Crippen LogP contribution < -0.4 is 15.4 Å². The van der Waals surface area contributed by atoms with Gasteiger partial charge in [-0.1, -0.05) is 18.2 Å². The maximum absolute atomic E-state index is 12.2. The van der Waals surface area contributed by atoms with Crippen LogP contribution in [-0.2, 0) is 16.1 Å². The highest BCUT2D eigenvalue weighted by Crippen LogP contribution is 2.19. The van der Waals surface area contributed by atoms with Gasteiger partial charge in [-0.15, -0.1) is 12.4 Å². The van der Waals surface area contributed by atoms with Crippen LogP contribution >= 0.6 is 12.4 Å². The number of alkyl halides is 2. The topological polar surface area (TPSA) is 59.6 Å². The Morgan fingerprint density at radius 2 is 2.05 bits per heavy atom. The highest BCUT2D eigenvalue weighted by Gasteiger charge is 2.09. The minimum Gasteiger partial charge on any atom is -0.434 e. The lowest BCUT2D eigenvalue weighted by Gasteiger charge is -2.11. The molecule has 1 amide bonds. The molecular weight excluding hydrogens is 306 g/mol. The van der Waals surface area contributed by atoms with Gasteiger partial charge in [0.15, 0.2) is 0 Å². The van der Waals surface area contributed by atoms with Crippen molar-refractivity contribution in [1.82, 2.24) is 10.6 Å². The first kappa shape index (κ1) is 19.6. The average Bonchev–Trinajstić information content (AvgIpc) is 2.42. The van der Waals surface area contributed by atoms with Gasteiger partial charge < -0.3 is 20.1 Å². The number of ether oxygens (including phenoxy) is 2. The van der Waals surface area contributed by atoms with Crippen molar-refractivity contribution < 1.29 is 23.0 Å². The SMILES string of the molecule is COCCNCC(=O)NCc1ccccc1OC(F)F.Cl. The molecule has 0 aliphatic heterocycles. The Morgan fingerprint density at radius 3 is 2.71 bits per heavy atom. The van der Waals surface area contributed by atoms with Crippen LogP contribution in [-0.4, -0.2) is 39.3 Å². The summed E-state index contributed by atoms with van der Waals surface area (Å²) < 4.78 is 33.6. The van der Waals surface area contributed by atoms with Crippen molar-refractivity contribution in [3.05, 3.63) is 29.8 Å². The van der Waals surface area contributed by atoms with Crippen LogP contribution in [0.2, 0.25) is 0 Å². The largest absolute Gasteiger partial charge is 0.434 e. The van der Waals surface area contributed by atoms with Gasteiger partial charge >= 0.3 is 6.61 Å². The molecule has 1 rings (SSSR count). The van der Waals surface area contributed by atoms with Crippen LogP contribution in [0.1, 0.15) is 5.56 Å². The fourth-order valence-corrected chi connectivity index (χ4v) is 1.49. The standard InChI is InChI=1S/C13H18F2N2O3.ClH/c1-19-7-6-16-9-12(18)17-8-10-4-2-3-5-11(10)20-13(14)15;/h2-5,13,16H,6-9H2,1H3,(H,17,18);1H. The number of rotatable bonds is 9. The predicted molar refractivity (Wildman–Crippen MR) is 76.9 cm³/mol. The molecule has 0 fully saturated rings. The summed E-state index contributed by atoms with van der Waals surface area (Å²) in [4.78, 5) is 11.5. The predicted octanol–water partition coefficient (Wildman–Crippen LogP) is 1.56. The van der Waals surface area contributed by atoms with Gasteiger partial charge in [-0.3, -0.25) is 4.79 Å². The number of nitrogens with one attached hydrogen (secondary N) is 2. The maximum Gasteiger partial charge on any atom is 0.387 e. The molecule has 0 saturated heterocycles. The van der Waals surface area contributed by atoms with Crippen LogP contribution in [0.4, 0.5) is 8.78 Å². The first-order chi connectivity index (χ1) is 9.63. The highest BCUT2D eigenvalue weighted by molar-refractivity contribution is 5.85. The van der Waals surface area contributed by atoms with E-state index in [0.29, 0.717) is 18.7 Å². The van der Waals surface area contributed by atoms with Crippen molar-refractivity contribution in [3.63, 3.8) is 0 Å². The molecule has 0 bridgehead atoms. The third-order valence-electron chi connectivity index (χ3n) is 2.43. The summed E-state index contributed by atoms with van der Waals surface area (Å²) in [5, 5.41) is 5.50. The molecule has 0 aliphatic carbocycles. The number of benzene rings is 1. The molecule has 2 N–H and O–H groups in total. The molecule has 0 heterocycles. The van der Waals surface area contributed by atoms with E-state index in [2.05, 4.69) is 15.4 Å². The number of hydrogen-bond acceptors (Lipinski definition) is 4. The van der Waals surface area contributed by atoms with Gasteiger partial charge in [0.05, 0.1) is 13.2 Å². The number of hydrogen-bond donors (Lipinski definition) is 2. The monoisotopic (exact) mass is 324 g/mol. The Labute approximate surface area is 128 Å². The van der Waals surface area contributed by atoms with E-state index in [1.54, 1.807) is 25.3 Å². The summed E-state index contributed by atoms with van der Waals surface area (Å²) in [5.41, 5.74) is 0.498. The Kier molecular flexibility index (Phi) is 10.5. The normalized spacial score (nSPS) is 10.1. The summed E-state index contributed by atoms with van der Waals surface area (Å²) >= 11 is 0. The van der Waals surface area contributed by atoms with E-state index in [1.165, 1.54) is 6.07 Å². The Hall–Kier alpha value is -1.44. The lowest BCUT2D eigenvalue weighted by atomic mass is 10.2. The minimum atomic E-state index is -2.89. The van der Waals surface area contributed by atoms with E-state index in [4.69, 9.17) is 4.74 Å². The second-order valence-electron chi connectivity index (χ2n) is 3.93. The summed E-state index contributed by atoms with van der Waals surface area (Å²) in [6, 6.07) is 6.34. The van der Waals surface area contributed by atoms with Gasteiger partial charge in [-0.2, -0.15) is 8.78 Å². The van der Waals surface area contributed by atoms with Crippen LogP contribution in [0.3, 0.4) is 0 Å².